The SMILES string of the molecule is C=C(C)c1cc(Cl)cc(C)c1OC(C)CC. The lowest BCUT2D eigenvalue weighted by Gasteiger charge is -2.19. The topological polar surface area (TPSA) is 9.23 Å². The van der Waals surface area contributed by atoms with E-state index in [2.05, 4.69) is 20.4 Å². The zero-order valence-electron chi connectivity index (χ0n) is 10.4. The van der Waals surface area contributed by atoms with Crippen molar-refractivity contribution in [2.24, 2.45) is 0 Å². The van der Waals surface area contributed by atoms with Crippen molar-refractivity contribution in [3.63, 3.8) is 0 Å². The maximum Gasteiger partial charge on any atom is 0.130 e. The lowest BCUT2D eigenvalue weighted by molar-refractivity contribution is 0.215. The lowest BCUT2D eigenvalue weighted by Crippen LogP contribution is -2.11. The monoisotopic (exact) mass is 238 g/mol. The molecule has 0 N–H and O–H groups in total. The summed E-state index contributed by atoms with van der Waals surface area (Å²) < 4.78 is 5.92. The molecule has 0 heterocycles. The fourth-order valence-electron chi connectivity index (χ4n) is 1.49. The highest BCUT2D eigenvalue weighted by atomic mass is 35.5. The molecule has 0 aliphatic rings. The van der Waals surface area contributed by atoms with Crippen LogP contribution in [-0.4, -0.2) is 6.10 Å². The summed E-state index contributed by atoms with van der Waals surface area (Å²) in [5, 5.41) is 0.729. The molecule has 0 saturated carbocycles. The molecule has 0 radical (unpaired) electrons. The normalized spacial score (nSPS) is 12.3. The number of allylic oxidation sites excluding steroid dienone is 1. The Kier molecular flexibility index (Phi) is 4.43. The first-order chi connectivity index (χ1) is 7.45. The summed E-state index contributed by atoms with van der Waals surface area (Å²) in [6.07, 6.45) is 1.19. The van der Waals surface area contributed by atoms with Gasteiger partial charge in [-0.05, 0) is 50.5 Å². The highest BCUT2D eigenvalue weighted by Gasteiger charge is 2.12. The van der Waals surface area contributed by atoms with Gasteiger partial charge in [-0.1, -0.05) is 25.1 Å². The summed E-state index contributed by atoms with van der Waals surface area (Å²) in [5.41, 5.74) is 3.04. The maximum atomic E-state index is 6.04. The summed E-state index contributed by atoms with van der Waals surface area (Å²) in [6.45, 7) is 12.1. The van der Waals surface area contributed by atoms with Crippen LogP contribution in [0.2, 0.25) is 5.02 Å². The molecule has 0 aliphatic heterocycles. The summed E-state index contributed by atoms with van der Waals surface area (Å²) in [6, 6.07) is 3.83. The molecule has 0 aliphatic carbocycles. The molecule has 0 spiro atoms. The van der Waals surface area contributed by atoms with E-state index in [-0.39, 0.29) is 6.10 Å². The van der Waals surface area contributed by atoms with Crippen molar-refractivity contribution in [1.29, 1.82) is 0 Å². The quantitative estimate of drug-likeness (QED) is 0.728. The van der Waals surface area contributed by atoms with E-state index in [4.69, 9.17) is 16.3 Å². The third kappa shape index (κ3) is 3.02. The Labute approximate surface area is 103 Å². The van der Waals surface area contributed by atoms with Crippen LogP contribution in [0.1, 0.15) is 38.3 Å². The first-order valence-corrected chi connectivity index (χ1v) is 5.96. The molecule has 2 heteroatoms. The van der Waals surface area contributed by atoms with Crippen molar-refractivity contribution in [2.45, 2.75) is 40.2 Å². The third-order valence-corrected chi connectivity index (χ3v) is 2.81. The van der Waals surface area contributed by atoms with Crippen LogP contribution >= 0.6 is 11.6 Å². The second-order valence-corrected chi connectivity index (χ2v) is 4.65. The fraction of sp³-hybridized carbons (Fsp3) is 0.429. The molecule has 0 saturated heterocycles. The molecular formula is C14H19ClO. The van der Waals surface area contributed by atoms with Gasteiger partial charge < -0.3 is 4.74 Å². The average Bonchev–Trinajstić information content (AvgIpc) is 2.20. The van der Waals surface area contributed by atoms with Crippen LogP contribution in [0.3, 0.4) is 0 Å². The van der Waals surface area contributed by atoms with E-state index in [0.717, 1.165) is 33.9 Å². The van der Waals surface area contributed by atoms with E-state index in [1.54, 1.807) is 0 Å². The van der Waals surface area contributed by atoms with Crippen LogP contribution in [0.15, 0.2) is 18.7 Å². The van der Waals surface area contributed by atoms with Gasteiger partial charge in [0.1, 0.15) is 5.75 Å². The van der Waals surface area contributed by atoms with Crippen molar-refractivity contribution in [3.8, 4) is 5.75 Å². The molecule has 1 unspecified atom stereocenters. The van der Waals surface area contributed by atoms with Crippen molar-refractivity contribution < 1.29 is 4.74 Å². The van der Waals surface area contributed by atoms with Gasteiger partial charge in [-0.3, -0.25) is 0 Å². The molecular weight excluding hydrogens is 220 g/mol. The summed E-state index contributed by atoms with van der Waals surface area (Å²) >= 11 is 6.04. The zero-order chi connectivity index (χ0) is 12.3. The number of hydrogen-bond donors (Lipinski definition) is 0. The molecule has 1 rings (SSSR count). The van der Waals surface area contributed by atoms with E-state index in [1.165, 1.54) is 0 Å². The molecule has 0 amide bonds. The molecule has 1 atom stereocenters. The Balaban J connectivity index is 3.19. The van der Waals surface area contributed by atoms with E-state index in [9.17, 15) is 0 Å². The number of halogens is 1. The number of benzene rings is 1. The summed E-state index contributed by atoms with van der Waals surface area (Å²) in [5.74, 6) is 0.909. The van der Waals surface area contributed by atoms with Gasteiger partial charge in [0.2, 0.25) is 0 Å². The van der Waals surface area contributed by atoms with Crippen LogP contribution in [0.25, 0.3) is 5.57 Å². The molecule has 88 valence electrons. The molecule has 1 aromatic carbocycles. The first kappa shape index (κ1) is 13.1. The van der Waals surface area contributed by atoms with Crippen molar-refractivity contribution >= 4 is 17.2 Å². The third-order valence-electron chi connectivity index (χ3n) is 2.59. The molecule has 1 nitrogen and oxygen atoms in total. The summed E-state index contributed by atoms with van der Waals surface area (Å²) in [7, 11) is 0. The van der Waals surface area contributed by atoms with Crippen LogP contribution in [-0.2, 0) is 0 Å². The van der Waals surface area contributed by atoms with Gasteiger partial charge in [-0.25, -0.2) is 0 Å². The minimum absolute atomic E-state index is 0.206. The number of rotatable bonds is 4. The van der Waals surface area contributed by atoms with Crippen LogP contribution in [0.4, 0.5) is 0 Å². The van der Waals surface area contributed by atoms with Crippen LogP contribution in [0, 0.1) is 6.92 Å². The largest absolute Gasteiger partial charge is 0.490 e. The second-order valence-electron chi connectivity index (χ2n) is 4.22. The Hall–Kier alpha value is -0.950. The van der Waals surface area contributed by atoms with E-state index in [1.807, 2.05) is 26.0 Å². The van der Waals surface area contributed by atoms with Gasteiger partial charge in [0.25, 0.3) is 0 Å². The first-order valence-electron chi connectivity index (χ1n) is 5.58. The molecule has 16 heavy (non-hydrogen) atoms. The second kappa shape index (κ2) is 5.40. The minimum Gasteiger partial charge on any atom is -0.490 e. The van der Waals surface area contributed by atoms with Crippen LogP contribution < -0.4 is 4.74 Å². The molecule has 0 fully saturated rings. The van der Waals surface area contributed by atoms with Crippen molar-refractivity contribution in [1.82, 2.24) is 0 Å². The number of ether oxygens (including phenoxy) is 1. The Morgan fingerprint density at radius 1 is 1.50 bits per heavy atom. The van der Waals surface area contributed by atoms with E-state index < -0.39 is 0 Å². The van der Waals surface area contributed by atoms with Gasteiger partial charge in [-0.2, -0.15) is 0 Å². The van der Waals surface area contributed by atoms with E-state index >= 15 is 0 Å². The van der Waals surface area contributed by atoms with Gasteiger partial charge in [0.15, 0.2) is 0 Å². The molecule has 0 aromatic heterocycles. The van der Waals surface area contributed by atoms with Crippen molar-refractivity contribution in [2.75, 3.05) is 0 Å². The Bertz CT molecular complexity index is 396. The lowest BCUT2D eigenvalue weighted by atomic mass is 10.0. The highest BCUT2D eigenvalue weighted by Crippen LogP contribution is 2.33. The minimum atomic E-state index is 0.206. The van der Waals surface area contributed by atoms with Gasteiger partial charge in [-0.15, -0.1) is 0 Å². The van der Waals surface area contributed by atoms with Gasteiger partial charge in [0, 0.05) is 10.6 Å². The maximum absolute atomic E-state index is 6.04. The molecule has 1 aromatic rings. The Morgan fingerprint density at radius 2 is 2.12 bits per heavy atom. The predicted molar refractivity (Wildman–Crippen MR) is 71.3 cm³/mol. The van der Waals surface area contributed by atoms with E-state index in [0.29, 0.717) is 0 Å². The number of aryl methyl sites for hydroxylation is 1. The molecule has 0 bridgehead atoms. The van der Waals surface area contributed by atoms with Crippen LogP contribution in [0.5, 0.6) is 5.75 Å². The van der Waals surface area contributed by atoms with Gasteiger partial charge in [0.05, 0.1) is 6.10 Å². The van der Waals surface area contributed by atoms with Crippen molar-refractivity contribution in [3.05, 3.63) is 34.9 Å². The smallest absolute Gasteiger partial charge is 0.130 e. The zero-order valence-corrected chi connectivity index (χ0v) is 11.2. The van der Waals surface area contributed by atoms with Gasteiger partial charge >= 0.3 is 0 Å². The average molecular weight is 239 g/mol. The number of hydrogen-bond acceptors (Lipinski definition) is 1. The highest BCUT2D eigenvalue weighted by molar-refractivity contribution is 6.30. The fourth-order valence-corrected chi connectivity index (χ4v) is 1.76. The summed E-state index contributed by atoms with van der Waals surface area (Å²) in [4.78, 5) is 0. The standard InChI is InChI=1S/C14H19ClO/c1-6-11(5)16-14-10(4)7-12(15)8-13(14)9(2)3/h7-8,11H,2,6H2,1,3-5H3. The predicted octanol–water partition coefficient (Wildman–Crippen LogP) is 4.86. The Morgan fingerprint density at radius 3 is 2.62 bits per heavy atom.